The Labute approximate surface area is 108 Å². The molecule has 0 unspecified atom stereocenters. The van der Waals surface area contributed by atoms with Gasteiger partial charge in [0.25, 0.3) is 0 Å². The van der Waals surface area contributed by atoms with Gasteiger partial charge in [-0.25, -0.2) is 0 Å². The first-order valence-electron chi connectivity index (χ1n) is 5.74. The molecular formula is C14H19NO3. The quantitative estimate of drug-likeness (QED) is 0.559. The van der Waals surface area contributed by atoms with E-state index in [1.165, 1.54) is 0 Å². The molecule has 4 nitrogen and oxygen atoms in total. The molecule has 1 aromatic rings. The van der Waals surface area contributed by atoms with Crippen molar-refractivity contribution in [3.05, 3.63) is 23.8 Å². The Balaban J connectivity index is 2.61. The first kappa shape index (κ1) is 14.4. The van der Waals surface area contributed by atoms with E-state index in [2.05, 4.69) is 11.2 Å². The summed E-state index contributed by atoms with van der Waals surface area (Å²) in [7, 11) is 3.29. The zero-order chi connectivity index (χ0) is 13.2. The number of ether oxygens (including phenoxy) is 3. The van der Waals surface area contributed by atoms with Crippen molar-refractivity contribution >= 4 is 0 Å². The van der Waals surface area contributed by atoms with Crippen molar-refractivity contribution in [3.8, 4) is 23.8 Å². The third-order valence-electron chi connectivity index (χ3n) is 2.35. The summed E-state index contributed by atoms with van der Waals surface area (Å²) in [5.41, 5.74) is 1.11. The van der Waals surface area contributed by atoms with Crippen LogP contribution in [-0.2, 0) is 11.3 Å². The van der Waals surface area contributed by atoms with E-state index in [0.29, 0.717) is 18.1 Å². The summed E-state index contributed by atoms with van der Waals surface area (Å²) in [6.07, 6.45) is 5.18. The van der Waals surface area contributed by atoms with Crippen molar-refractivity contribution in [1.82, 2.24) is 5.32 Å². The van der Waals surface area contributed by atoms with Gasteiger partial charge in [-0.05, 0) is 17.7 Å². The van der Waals surface area contributed by atoms with Gasteiger partial charge in [-0.15, -0.1) is 6.42 Å². The van der Waals surface area contributed by atoms with Crippen LogP contribution in [-0.4, -0.2) is 34.0 Å². The van der Waals surface area contributed by atoms with Crippen LogP contribution in [0.1, 0.15) is 5.56 Å². The van der Waals surface area contributed by atoms with Gasteiger partial charge in [-0.2, -0.15) is 0 Å². The maximum absolute atomic E-state index is 5.43. The minimum absolute atomic E-state index is 0.233. The minimum Gasteiger partial charge on any atom is -0.493 e. The van der Waals surface area contributed by atoms with Crippen LogP contribution in [0.25, 0.3) is 0 Å². The molecule has 4 heteroatoms. The molecule has 0 aliphatic carbocycles. The van der Waals surface area contributed by atoms with Gasteiger partial charge in [0.1, 0.15) is 6.61 Å². The average molecular weight is 249 g/mol. The highest BCUT2D eigenvalue weighted by Crippen LogP contribution is 2.27. The summed E-state index contributed by atoms with van der Waals surface area (Å²) >= 11 is 0. The van der Waals surface area contributed by atoms with Gasteiger partial charge >= 0.3 is 0 Å². The Morgan fingerprint density at radius 3 is 2.78 bits per heavy atom. The molecule has 0 amide bonds. The third kappa shape index (κ3) is 4.66. The molecule has 1 aromatic carbocycles. The minimum atomic E-state index is 0.233. The van der Waals surface area contributed by atoms with Gasteiger partial charge in [0.15, 0.2) is 11.5 Å². The fourth-order valence-corrected chi connectivity index (χ4v) is 1.47. The predicted molar refractivity (Wildman–Crippen MR) is 70.9 cm³/mol. The van der Waals surface area contributed by atoms with Crippen molar-refractivity contribution in [2.24, 2.45) is 0 Å². The Morgan fingerprint density at radius 1 is 1.28 bits per heavy atom. The molecule has 0 aliphatic rings. The summed E-state index contributed by atoms with van der Waals surface area (Å²) < 4.78 is 15.6. The summed E-state index contributed by atoms with van der Waals surface area (Å²) in [6.45, 7) is 2.48. The van der Waals surface area contributed by atoms with Gasteiger partial charge in [0.05, 0.1) is 13.7 Å². The molecule has 1 rings (SSSR count). The second-order valence-corrected chi connectivity index (χ2v) is 3.65. The first-order valence-corrected chi connectivity index (χ1v) is 5.74. The fourth-order valence-electron chi connectivity index (χ4n) is 1.47. The van der Waals surface area contributed by atoms with E-state index in [9.17, 15) is 0 Å². The Bertz CT molecular complexity index is 399. The molecule has 0 aliphatic heterocycles. The van der Waals surface area contributed by atoms with Crippen LogP contribution in [0.15, 0.2) is 18.2 Å². The molecule has 0 saturated carbocycles. The van der Waals surface area contributed by atoms with E-state index in [1.54, 1.807) is 14.2 Å². The third-order valence-corrected chi connectivity index (χ3v) is 2.35. The van der Waals surface area contributed by atoms with Crippen LogP contribution < -0.4 is 14.8 Å². The van der Waals surface area contributed by atoms with Gasteiger partial charge in [0, 0.05) is 20.2 Å². The number of benzene rings is 1. The van der Waals surface area contributed by atoms with Crippen LogP contribution in [0.5, 0.6) is 11.5 Å². The van der Waals surface area contributed by atoms with Crippen LogP contribution in [0.4, 0.5) is 0 Å². The van der Waals surface area contributed by atoms with Crippen molar-refractivity contribution in [2.75, 3.05) is 34.0 Å². The Kier molecular flexibility index (Phi) is 6.70. The van der Waals surface area contributed by atoms with Gasteiger partial charge < -0.3 is 19.5 Å². The molecule has 0 radical (unpaired) electrons. The second kappa shape index (κ2) is 8.40. The zero-order valence-corrected chi connectivity index (χ0v) is 10.9. The maximum Gasteiger partial charge on any atom is 0.162 e. The van der Waals surface area contributed by atoms with Gasteiger partial charge in [0.2, 0.25) is 0 Å². The number of rotatable bonds is 8. The summed E-state index contributed by atoms with van der Waals surface area (Å²) in [6, 6.07) is 5.79. The molecule has 18 heavy (non-hydrogen) atoms. The van der Waals surface area contributed by atoms with E-state index >= 15 is 0 Å². The molecule has 98 valence electrons. The second-order valence-electron chi connectivity index (χ2n) is 3.65. The fraction of sp³-hybridized carbons (Fsp3) is 0.429. The topological polar surface area (TPSA) is 39.7 Å². The SMILES string of the molecule is C#CCOc1cc(CNCCOC)ccc1OC. The maximum atomic E-state index is 5.43. The van der Waals surface area contributed by atoms with Crippen molar-refractivity contribution < 1.29 is 14.2 Å². The highest BCUT2D eigenvalue weighted by molar-refractivity contribution is 5.43. The monoisotopic (exact) mass is 249 g/mol. The number of hydrogen-bond donors (Lipinski definition) is 1. The summed E-state index contributed by atoms with van der Waals surface area (Å²) in [5.74, 6) is 3.79. The molecule has 0 bridgehead atoms. The zero-order valence-electron chi connectivity index (χ0n) is 10.9. The average Bonchev–Trinajstić information content (AvgIpc) is 2.41. The molecular weight excluding hydrogens is 230 g/mol. The van der Waals surface area contributed by atoms with E-state index < -0.39 is 0 Å². The number of methoxy groups -OCH3 is 2. The van der Waals surface area contributed by atoms with Crippen molar-refractivity contribution in [1.29, 1.82) is 0 Å². The van der Waals surface area contributed by atoms with Crippen molar-refractivity contribution in [2.45, 2.75) is 6.54 Å². The Morgan fingerprint density at radius 2 is 2.11 bits per heavy atom. The largest absolute Gasteiger partial charge is 0.493 e. The van der Waals surface area contributed by atoms with Crippen LogP contribution >= 0.6 is 0 Å². The molecule has 0 atom stereocenters. The molecule has 0 spiro atoms. The lowest BCUT2D eigenvalue weighted by molar-refractivity contribution is 0.199. The molecule has 1 N–H and O–H groups in total. The van der Waals surface area contributed by atoms with Crippen LogP contribution in [0, 0.1) is 12.3 Å². The smallest absolute Gasteiger partial charge is 0.162 e. The van der Waals surface area contributed by atoms with E-state index in [4.69, 9.17) is 20.6 Å². The summed E-state index contributed by atoms with van der Waals surface area (Å²) in [5, 5.41) is 3.26. The Hall–Kier alpha value is -1.70. The van der Waals surface area contributed by atoms with Gasteiger partial charge in [-0.3, -0.25) is 0 Å². The summed E-state index contributed by atoms with van der Waals surface area (Å²) in [4.78, 5) is 0. The normalized spacial score (nSPS) is 9.83. The lowest BCUT2D eigenvalue weighted by Crippen LogP contribution is -2.18. The van der Waals surface area contributed by atoms with E-state index in [1.807, 2.05) is 18.2 Å². The molecule has 0 aromatic heterocycles. The highest BCUT2D eigenvalue weighted by Gasteiger charge is 2.05. The lowest BCUT2D eigenvalue weighted by atomic mass is 10.2. The highest BCUT2D eigenvalue weighted by atomic mass is 16.5. The number of terminal acetylenes is 1. The standard InChI is InChI=1S/C14H19NO3/c1-4-8-18-14-10-12(5-6-13(14)17-3)11-15-7-9-16-2/h1,5-6,10,15H,7-9,11H2,2-3H3. The predicted octanol–water partition coefficient (Wildman–Crippen LogP) is 1.44. The van der Waals surface area contributed by atoms with Crippen LogP contribution in [0.3, 0.4) is 0 Å². The van der Waals surface area contributed by atoms with Gasteiger partial charge in [-0.1, -0.05) is 12.0 Å². The molecule has 0 saturated heterocycles. The van der Waals surface area contributed by atoms with E-state index in [0.717, 1.165) is 18.7 Å². The first-order chi connectivity index (χ1) is 8.81. The van der Waals surface area contributed by atoms with Crippen LogP contribution in [0.2, 0.25) is 0 Å². The van der Waals surface area contributed by atoms with Crippen molar-refractivity contribution in [3.63, 3.8) is 0 Å². The number of nitrogens with one attached hydrogen (secondary N) is 1. The van der Waals surface area contributed by atoms with E-state index in [-0.39, 0.29) is 6.61 Å². The lowest BCUT2D eigenvalue weighted by Gasteiger charge is -2.11. The number of hydrogen-bond acceptors (Lipinski definition) is 4. The molecule has 0 fully saturated rings. The molecule has 0 heterocycles.